The fourth-order valence-corrected chi connectivity index (χ4v) is 2.66. The molecule has 2 aromatic rings. The molecule has 6 nitrogen and oxygen atoms in total. The van der Waals surface area contributed by atoms with Crippen LogP contribution < -0.4 is 5.32 Å². The lowest BCUT2D eigenvalue weighted by atomic mass is 10.0. The molecule has 1 amide bonds. The highest BCUT2D eigenvalue weighted by Crippen LogP contribution is 2.23. The minimum atomic E-state index is -0.217. The molecule has 0 unspecified atom stereocenters. The van der Waals surface area contributed by atoms with Gasteiger partial charge < -0.3 is 15.0 Å². The molecule has 3 rings (SSSR count). The number of hydrogen-bond donors (Lipinski definition) is 2. The van der Waals surface area contributed by atoms with E-state index in [1.165, 1.54) is 11.1 Å². The number of aromatic amines is 1. The van der Waals surface area contributed by atoms with Gasteiger partial charge in [0.25, 0.3) is 0 Å². The molecule has 1 saturated heterocycles. The zero-order chi connectivity index (χ0) is 16.2. The van der Waals surface area contributed by atoms with Gasteiger partial charge in [0, 0.05) is 30.8 Å². The summed E-state index contributed by atoms with van der Waals surface area (Å²) in [4.78, 5) is 13.1. The third kappa shape index (κ3) is 3.53. The van der Waals surface area contributed by atoms with E-state index in [1.807, 2.05) is 6.20 Å². The summed E-state index contributed by atoms with van der Waals surface area (Å²) in [5.74, 6) is 0. The number of carbonyl (C=O) groups is 1. The number of nitrogens with zero attached hydrogens (tertiary/aromatic N) is 2. The number of aromatic nitrogens is 2. The fourth-order valence-electron chi connectivity index (χ4n) is 2.66. The van der Waals surface area contributed by atoms with Crippen molar-refractivity contribution in [2.75, 3.05) is 26.2 Å². The first-order valence-electron chi connectivity index (χ1n) is 7.87. The van der Waals surface area contributed by atoms with E-state index in [0.29, 0.717) is 26.2 Å². The molecule has 122 valence electrons. The van der Waals surface area contributed by atoms with E-state index in [2.05, 4.69) is 47.6 Å². The predicted octanol–water partition coefficient (Wildman–Crippen LogP) is 2.24. The number of amides is 1. The average molecular weight is 314 g/mol. The van der Waals surface area contributed by atoms with Crippen LogP contribution in [0.4, 0.5) is 4.79 Å². The van der Waals surface area contributed by atoms with E-state index in [-0.39, 0.29) is 6.09 Å². The Kier molecular flexibility index (Phi) is 4.62. The molecule has 2 N–H and O–H groups in total. The summed E-state index contributed by atoms with van der Waals surface area (Å²) in [6.45, 7) is 7.50. The molecular weight excluding hydrogens is 292 g/mol. The predicted molar refractivity (Wildman–Crippen MR) is 88.1 cm³/mol. The van der Waals surface area contributed by atoms with Gasteiger partial charge in [0.2, 0.25) is 0 Å². The van der Waals surface area contributed by atoms with E-state index >= 15 is 0 Å². The second-order valence-corrected chi connectivity index (χ2v) is 5.85. The summed E-state index contributed by atoms with van der Waals surface area (Å²) >= 11 is 0. The molecule has 1 fully saturated rings. The quantitative estimate of drug-likeness (QED) is 0.802. The van der Waals surface area contributed by atoms with Gasteiger partial charge in [-0.1, -0.05) is 12.1 Å². The van der Waals surface area contributed by atoms with Gasteiger partial charge >= 0.3 is 6.09 Å². The van der Waals surface area contributed by atoms with Crippen LogP contribution in [-0.4, -0.2) is 47.4 Å². The lowest BCUT2D eigenvalue weighted by molar-refractivity contribution is 0.158. The summed E-state index contributed by atoms with van der Waals surface area (Å²) in [5, 5.41) is 10.6. The molecule has 1 aliphatic rings. The number of benzene rings is 1. The van der Waals surface area contributed by atoms with Gasteiger partial charge in [0.15, 0.2) is 0 Å². The number of H-pyrrole nitrogens is 1. The van der Waals surface area contributed by atoms with Crippen LogP contribution in [0, 0.1) is 13.8 Å². The molecule has 0 saturated carbocycles. The molecule has 0 aliphatic carbocycles. The van der Waals surface area contributed by atoms with Crippen LogP contribution in [0.3, 0.4) is 0 Å². The van der Waals surface area contributed by atoms with Crippen LogP contribution in [-0.2, 0) is 11.3 Å². The van der Waals surface area contributed by atoms with Crippen molar-refractivity contribution in [2.45, 2.75) is 20.4 Å². The third-order valence-electron chi connectivity index (χ3n) is 4.23. The molecule has 6 heteroatoms. The number of rotatable bonds is 6. The van der Waals surface area contributed by atoms with Gasteiger partial charge in [-0.2, -0.15) is 5.10 Å². The fraction of sp³-hybridized carbons (Fsp3) is 0.412. The highest BCUT2D eigenvalue weighted by atomic mass is 16.6. The van der Waals surface area contributed by atoms with E-state index in [9.17, 15) is 4.79 Å². The standard InChI is InChI=1S/C17H22N4O2/c1-12-3-4-14(9-13(12)2)16-15(11-19-20-16)10-18-5-6-21-7-8-23-17(21)22/h3-4,9,11,18H,5-8,10H2,1-2H3,(H,19,20). The smallest absolute Gasteiger partial charge is 0.409 e. The van der Waals surface area contributed by atoms with E-state index in [0.717, 1.165) is 23.4 Å². The summed E-state index contributed by atoms with van der Waals surface area (Å²) in [5.41, 5.74) is 5.86. The Hall–Kier alpha value is -2.34. The van der Waals surface area contributed by atoms with Crippen molar-refractivity contribution in [1.82, 2.24) is 20.4 Å². The Bertz CT molecular complexity index is 696. The van der Waals surface area contributed by atoms with Crippen molar-refractivity contribution in [1.29, 1.82) is 0 Å². The molecular formula is C17H22N4O2. The Labute approximate surface area is 135 Å². The molecule has 1 aliphatic heterocycles. The van der Waals surface area contributed by atoms with Gasteiger partial charge in [-0.15, -0.1) is 0 Å². The van der Waals surface area contributed by atoms with Gasteiger partial charge in [-0.05, 0) is 31.0 Å². The summed E-state index contributed by atoms with van der Waals surface area (Å²) in [7, 11) is 0. The number of ether oxygens (including phenoxy) is 1. The molecule has 0 spiro atoms. The average Bonchev–Trinajstić information content (AvgIpc) is 3.16. The molecule has 23 heavy (non-hydrogen) atoms. The van der Waals surface area contributed by atoms with Crippen LogP contribution in [0.5, 0.6) is 0 Å². The number of cyclic esters (lactones) is 1. The van der Waals surface area contributed by atoms with Crippen molar-refractivity contribution in [3.8, 4) is 11.3 Å². The molecule has 1 aromatic carbocycles. The lowest BCUT2D eigenvalue weighted by Gasteiger charge is -2.13. The Morgan fingerprint density at radius 1 is 1.35 bits per heavy atom. The minimum absolute atomic E-state index is 0.217. The maximum absolute atomic E-state index is 11.4. The van der Waals surface area contributed by atoms with Crippen LogP contribution in [0.1, 0.15) is 16.7 Å². The molecule has 1 aromatic heterocycles. The Morgan fingerprint density at radius 2 is 2.22 bits per heavy atom. The second-order valence-electron chi connectivity index (χ2n) is 5.85. The first kappa shape index (κ1) is 15.6. The largest absolute Gasteiger partial charge is 0.448 e. The summed E-state index contributed by atoms with van der Waals surface area (Å²) in [6.07, 6.45) is 1.63. The highest BCUT2D eigenvalue weighted by molar-refractivity contribution is 5.69. The number of carbonyl (C=O) groups excluding carboxylic acids is 1. The summed E-state index contributed by atoms with van der Waals surface area (Å²) < 4.78 is 4.91. The maximum atomic E-state index is 11.4. The first-order valence-corrected chi connectivity index (χ1v) is 7.87. The van der Waals surface area contributed by atoms with Crippen molar-refractivity contribution in [2.24, 2.45) is 0 Å². The number of nitrogens with one attached hydrogen (secondary N) is 2. The van der Waals surface area contributed by atoms with Crippen LogP contribution in [0.15, 0.2) is 24.4 Å². The monoisotopic (exact) mass is 314 g/mol. The van der Waals surface area contributed by atoms with Gasteiger partial charge in [0.05, 0.1) is 18.4 Å². The lowest BCUT2D eigenvalue weighted by Crippen LogP contribution is -2.32. The maximum Gasteiger partial charge on any atom is 0.409 e. The number of hydrogen-bond acceptors (Lipinski definition) is 4. The Balaban J connectivity index is 1.58. The first-order chi connectivity index (χ1) is 11.1. The molecule has 2 heterocycles. The molecule has 0 atom stereocenters. The topological polar surface area (TPSA) is 70.2 Å². The zero-order valence-electron chi connectivity index (χ0n) is 13.6. The Morgan fingerprint density at radius 3 is 2.96 bits per heavy atom. The zero-order valence-corrected chi connectivity index (χ0v) is 13.6. The van der Waals surface area contributed by atoms with Crippen molar-refractivity contribution < 1.29 is 9.53 Å². The highest BCUT2D eigenvalue weighted by Gasteiger charge is 2.20. The summed E-state index contributed by atoms with van der Waals surface area (Å²) in [6, 6.07) is 6.41. The van der Waals surface area contributed by atoms with Crippen LogP contribution in [0.25, 0.3) is 11.3 Å². The second kappa shape index (κ2) is 6.83. The van der Waals surface area contributed by atoms with Gasteiger partial charge in [-0.3, -0.25) is 5.10 Å². The molecule has 0 bridgehead atoms. The van der Waals surface area contributed by atoms with Crippen LogP contribution in [0.2, 0.25) is 0 Å². The number of aryl methyl sites for hydroxylation is 2. The van der Waals surface area contributed by atoms with E-state index in [1.54, 1.807) is 4.90 Å². The van der Waals surface area contributed by atoms with Gasteiger partial charge in [0.1, 0.15) is 6.61 Å². The van der Waals surface area contributed by atoms with Crippen molar-refractivity contribution >= 4 is 6.09 Å². The van der Waals surface area contributed by atoms with Gasteiger partial charge in [-0.25, -0.2) is 4.79 Å². The minimum Gasteiger partial charge on any atom is -0.448 e. The molecule has 0 radical (unpaired) electrons. The van der Waals surface area contributed by atoms with Crippen LogP contribution >= 0.6 is 0 Å². The van der Waals surface area contributed by atoms with E-state index in [4.69, 9.17) is 4.74 Å². The van der Waals surface area contributed by atoms with E-state index < -0.39 is 0 Å². The van der Waals surface area contributed by atoms with Crippen molar-refractivity contribution in [3.05, 3.63) is 41.1 Å². The van der Waals surface area contributed by atoms with Crippen molar-refractivity contribution in [3.63, 3.8) is 0 Å². The SMILES string of the molecule is Cc1ccc(-c2[nH]ncc2CNCCN2CCOC2=O)cc1C. The third-order valence-corrected chi connectivity index (χ3v) is 4.23. The normalized spacial score (nSPS) is 14.3.